The maximum atomic E-state index is 12.4. The second-order valence-electron chi connectivity index (χ2n) is 6.84. The maximum absolute atomic E-state index is 12.4. The van der Waals surface area contributed by atoms with E-state index in [1.807, 2.05) is 49.4 Å². The number of ether oxygens (including phenoxy) is 2. The number of rotatable bonds is 7. The van der Waals surface area contributed by atoms with Crippen molar-refractivity contribution >= 4 is 32.7 Å². The molecule has 0 aliphatic rings. The highest BCUT2D eigenvalue weighted by atomic mass is 32.2. The van der Waals surface area contributed by atoms with Crippen molar-refractivity contribution in [2.45, 2.75) is 17.9 Å². The molecule has 0 aromatic heterocycles. The molecule has 3 N–H and O–H groups in total. The second-order valence-corrected chi connectivity index (χ2v) is 8.40. The maximum Gasteiger partial charge on any atom is 0.342 e. The third kappa shape index (κ3) is 5.19. The van der Waals surface area contributed by atoms with Gasteiger partial charge in [0.2, 0.25) is 10.0 Å². The fourth-order valence-corrected chi connectivity index (χ4v) is 3.76. The molecule has 0 fully saturated rings. The Bertz CT molecular complexity index is 1230. The van der Waals surface area contributed by atoms with Crippen LogP contribution in [0.1, 0.15) is 28.9 Å². The van der Waals surface area contributed by atoms with Crippen molar-refractivity contribution < 1.29 is 27.5 Å². The Labute approximate surface area is 180 Å². The quantitative estimate of drug-likeness (QED) is 0.542. The van der Waals surface area contributed by atoms with E-state index in [0.29, 0.717) is 0 Å². The molecular weight excluding hydrogens is 420 g/mol. The Kier molecular flexibility index (Phi) is 6.57. The first-order valence-electron chi connectivity index (χ1n) is 9.35. The highest BCUT2D eigenvalue weighted by molar-refractivity contribution is 7.89. The van der Waals surface area contributed by atoms with Gasteiger partial charge in [-0.15, -0.1) is 0 Å². The molecule has 0 saturated heterocycles. The van der Waals surface area contributed by atoms with E-state index in [1.165, 1.54) is 19.2 Å². The smallest absolute Gasteiger partial charge is 0.342 e. The minimum Gasteiger partial charge on any atom is -0.496 e. The van der Waals surface area contributed by atoms with E-state index in [2.05, 4.69) is 5.32 Å². The average molecular weight is 442 g/mol. The highest BCUT2D eigenvalue weighted by Gasteiger charge is 2.20. The Morgan fingerprint density at radius 2 is 1.77 bits per heavy atom. The number of carbonyl (C=O) groups is 2. The van der Waals surface area contributed by atoms with Gasteiger partial charge in [-0.2, -0.15) is 0 Å². The zero-order chi connectivity index (χ0) is 22.6. The van der Waals surface area contributed by atoms with E-state index in [9.17, 15) is 18.0 Å². The van der Waals surface area contributed by atoms with Gasteiger partial charge in [0, 0.05) is 0 Å². The minimum atomic E-state index is -4.02. The number of nitrogens with two attached hydrogens (primary N) is 1. The van der Waals surface area contributed by atoms with Crippen LogP contribution in [0, 0.1) is 0 Å². The zero-order valence-electron chi connectivity index (χ0n) is 17.0. The van der Waals surface area contributed by atoms with Crippen LogP contribution in [0.15, 0.2) is 65.6 Å². The van der Waals surface area contributed by atoms with Crippen molar-refractivity contribution in [3.63, 3.8) is 0 Å². The molecule has 0 radical (unpaired) electrons. The number of fused-ring (bicyclic) bond motifs is 1. The fraction of sp³-hybridized carbons (Fsp3) is 0.182. The molecule has 0 bridgehead atoms. The van der Waals surface area contributed by atoms with Gasteiger partial charge in [-0.1, -0.05) is 42.5 Å². The van der Waals surface area contributed by atoms with Crippen LogP contribution in [0.2, 0.25) is 0 Å². The molecular formula is C22H22N2O6S. The van der Waals surface area contributed by atoms with Gasteiger partial charge in [-0.25, -0.2) is 18.4 Å². The zero-order valence-corrected chi connectivity index (χ0v) is 17.8. The first-order valence-corrected chi connectivity index (χ1v) is 10.9. The van der Waals surface area contributed by atoms with Crippen molar-refractivity contribution in [1.29, 1.82) is 0 Å². The van der Waals surface area contributed by atoms with E-state index in [4.69, 9.17) is 14.6 Å². The highest BCUT2D eigenvalue weighted by Crippen LogP contribution is 2.25. The number of esters is 1. The van der Waals surface area contributed by atoms with Gasteiger partial charge in [-0.05, 0) is 41.5 Å². The fourth-order valence-electron chi connectivity index (χ4n) is 3.22. The summed E-state index contributed by atoms with van der Waals surface area (Å²) in [7, 11) is -2.70. The van der Waals surface area contributed by atoms with Crippen LogP contribution in [0.4, 0.5) is 0 Å². The molecule has 3 rings (SSSR count). The molecule has 162 valence electrons. The summed E-state index contributed by atoms with van der Waals surface area (Å²) in [5.74, 6) is -1.31. The summed E-state index contributed by atoms with van der Waals surface area (Å²) in [5, 5.41) is 9.96. The summed E-state index contributed by atoms with van der Waals surface area (Å²) < 4.78 is 33.2. The Balaban J connectivity index is 1.69. The van der Waals surface area contributed by atoms with Gasteiger partial charge in [-0.3, -0.25) is 4.79 Å². The number of nitrogens with one attached hydrogen (secondary N) is 1. The topological polar surface area (TPSA) is 125 Å². The molecule has 0 aliphatic carbocycles. The number of hydrogen-bond acceptors (Lipinski definition) is 6. The molecule has 0 heterocycles. The number of benzene rings is 3. The summed E-state index contributed by atoms with van der Waals surface area (Å²) >= 11 is 0. The molecule has 0 spiro atoms. The van der Waals surface area contributed by atoms with Gasteiger partial charge in [0.1, 0.15) is 11.3 Å². The van der Waals surface area contributed by atoms with Gasteiger partial charge >= 0.3 is 5.97 Å². The van der Waals surface area contributed by atoms with Crippen molar-refractivity contribution in [3.8, 4) is 5.75 Å². The first-order chi connectivity index (χ1) is 14.7. The monoisotopic (exact) mass is 442 g/mol. The lowest BCUT2D eigenvalue weighted by atomic mass is 10.00. The van der Waals surface area contributed by atoms with Crippen LogP contribution < -0.4 is 15.2 Å². The van der Waals surface area contributed by atoms with E-state index in [-0.39, 0.29) is 22.3 Å². The first kappa shape index (κ1) is 22.3. The van der Waals surface area contributed by atoms with E-state index < -0.39 is 28.5 Å². The molecule has 8 nitrogen and oxygen atoms in total. The van der Waals surface area contributed by atoms with Crippen LogP contribution >= 0.6 is 0 Å². The molecule has 1 unspecified atom stereocenters. The summed E-state index contributed by atoms with van der Waals surface area (Å²) in [5.41, 5.74) is 0.782. The lowest BCUT2D eigenvalue weighted by molar-refractivity contribution is -0.124. The molecule has 9 heteroatoms. The summed E-state index contributed by atoms with van der Waals surface area (Å²) in [4.78, 5) is 24.5. The summed E-state index contributed by atoms with van der Waals surface area (Å²) in [6.45, 7) is 1.29. The molecule has 1 amide bonds. The predicted molar refractivity (Wildman–Crippen MR) is 115 cm³/mol. The standard InChI is InChI=1S/C22H22N2O6S/c1-14(17-9-5-7-15-6-3-4-8-18(15)17)24-21(25)13-30-22(26)19-12-16(31(23,27)28)10-11-20(19)29-2/h3-12,14H,13H2,1-2H3,(H,24,25)(H2,23,27,28). The predicted octanol–water partition coefficient (Wildman–Crippen LogP) is 2.53. The molecule has 3 aromatic carbocycles. The van der Waals surface area contributed by atoms with Crippen LogP contribution in [0.5, 0.6) is 5.75 Å². The number of primary sulfonamides is 1. The number of carbonyl (C=O) groups excluding carboxylic acids is 2. The minimum absolute atomic E-state index is 0.0990. The van der Waals surface area contributed by atoms with E-state index in [0.717, 1.165) is 22.4 Å². The van der Waals surface area contributed by atoms with Crippen molar-refractivity contribution in [2.24, 2.45) is 5.14 Å². The second kappa shape index (κ2) is 9.15. The normalized spacial score (nSPS) is 12.2. The molecule has 0 aliphatic heterocycles. The lowest BCUT2D eigenvalue weighted by Crippen LogP contribution is -2.31. The third-order valence-corrected chi connectivity index (χ3v) is 5.63. The van der Waals surface area contributed by atoms with Crippen LogP contribution in [0.25, 0.3) is 10.8 Å². The van der Waals surface area contributed by atoms with Crippen LogP contribution in [0.3, 0.4) is 0 Å². The molecule has 31 heavy (non-hydrogen) atoms. The lowest BCUT2D eigenvalue weighted by Gasteiger charge is -2.17. The van der Waals surface area contributed by atoms with E-state index in [1.54, 1.807) is 0 Å². The van der Waals surface area contributed by atoms with Gasteiger partial charge in [0.25, 0.3) is 5.91 Å². The average Bonchev–Trinajstić information content (AvgIpc) is 2.75. The number of hydrogen-bond donors (Lipinski definition) is 2. The third-order valence-electron chi connectivity index (χ3n) is 4.72. The molecule has 0 saturated carbocycles. The van der Waals surface area contributed by atoms with E-state index >= 15 is 0 Å². The molecule has 3 aromatic rings. The van der Waals surface area contributed by atoms with Crippen molar-refractivity contribution in [3.05, 3.63) is 71.8 Å². The Morgan fingerprint density at radius 3 is 2.48 bits per heavy atom. The van der Waals surface area contributed by atoms with Gasteiger partial charge in [0.15, 0.2) is 6.61 Å². The van der Waals surface area contributed by atoms with Crippen LogP contribution in [-0.2, 0) is 19.6 Å². The van der Waals surface area contributed by atoms with Gasteiger partial charge in [0.05, 0.1) is 18.0 Å². The summed E-state index contributed by atoms with van der Waals surface area (Å²) in [6.07, 6.45) is 0. The van der Waals surface area contributed by atoms with Crippen LogP contribution in [-0.4, -0.2) is 34.0 Å². The summed E-state index contributed by atoms with van der Waals surface area (Å²) in [6, 6.07) is 16.9. The SMILES string of the molecule is COc1ccc(S(N)(=O)=O)cc1C(=O)OCC(=O)NC(C)c1cccc2ccccc12. The van der Waals surface area contributed by atoms with Crippen molar-refractivity contribution in [1.82, 2.24) is 5.32 Å². The Hall–Kier alpha value is -3.43. The molecule has 1 atom stereocenters. The Morgan fingerprint density at radius 1 is 1.06 bits per heavy atom. The largest absolute Gasteiger partial charge is 0.496 e. The number of methoxy groups -OCH3 is 1. The van der Waals surface area contributed by atoms with Crippen molar-refractivity contribution in [2.75, 3.05) is 13.7 Å². The van der Waals surface area contributed by atoms with Gasteiger partial charge < -0.3 is 14.8 Å². The number of sulfonamides is 1. The number of amides is 1.